The lowest BCUT2D eigenvalue weighted by Gasteiger charge is -2.10. The summed E-state index contributed by atoms with van der Waals surface area (Å²) in [5.74, 6) is 1.69. The monoisotopic (exact) mass is 376 g/mol. The highest BCUT2D eigenvalue weighted by Gasteiger charge is 2.10. The number of carbonyl (C=O) groups excluding carboxylic acids is 1. The van der Waals surface area contributed by atoms with Gasteiger partial charge in [0, 0.05) is 18.3 Å². The van der Waals surface area contributed by atoms with Crippen molar-refractivity contribution in [3.63, 3.8) is 0 Å². The zero-order chi connectivity index (χ0) is 19.8. The molecule has 0 aliphatic carbocycles. The maximum Gasteiger partial charge on any atom is 0.270 e. The van der Waals surface area contributed by atoms with Crippen LogP contribution in [-0.4, -0.2) is 29.5 Å². The van der Waals surface area contributed by atoms with Crippen LogP contribution in [0.5, 0.6) is 5.75 Å². The molecule has 0 aliphatic rings. The van der Waals surface area contributed by atoms with E-state index in [2.05, 4.69) is 32.7 Å². The summed E-state index contributed by atoms with van der Waals surface area (Å²) < 4.78 is 5.16. The average Bonchev–Trinajstić information content (AvgIpc) is 2.72. The molecule has 144 valence electrons. The third kappa shape index (κ3) is 5.54. The molecule has 0 radical (unpaired) electrons. The van der Waals surface area contributed by atoms with E-state index in [1.54, 1.807) is 20.1 Å². The van der Waals surface area contributed by atoms with E-state index < -0.39 is 0 Å². The number of benzene rings is 2. The molecule has 0 unspecified atom stereocenters. The summed E-state index contributed by atoms with van der Waals surface area (Å²) in [6.07, 6.45) is 1.80. The number of hydrogen-bond donors (Lipinski definition) is 2. The molecule has 6 nitrogen and oxygen atoms in total. The van der Waals surface area contributed by atoms with Crippen LogP contribution in [0.3, 0.4) is 0 Å². The van der Waals surface area contributed by atoms with Gasteiger partial charge in [-0.1, -0.05) is 30.3 Å². The number of amides is 1. The van der Waals surface area contributed by atoms with E-state index in [4.69, 9.17) is 4.74 Å². The van der Waals surface area contributed by atoms with Crippen molar-refractivity contribution < 1.29 is 9.53 Å². The molecule has 1 heterocycles. The lowest BCUT2D eigenvalue weighted by molar-refractivity contribution is 0.0948. The van der Waals surface area contributed by atoms with Gasteiger partial charge in [0.05, 0.1) is 7.11 Å². The van der Waals surface area contributed by atoms with Gasteiger partial charge in [0.2, 0.25) is 0 Å². The average molecular weight is 376 g/mol. The lowest BCUT2D eigenvalue weighted by Crippen LogP contribution is -2.26. The molecule has 0 atom stereocenters. The zero-order valence-corrected chi connectivity index (χ0v) is 16.1. The van der Waals surface area contributed by atoms with Crippen LogP contribution in [0.4, 0.5) is 11.5 Å². The molecule has 0 bridgehead atoms. The van der Waals surface area contributed by atoms with E-state index in [-0.39, 0.29) is 5.91 Å². The topological polar surface area (TPSA) is 76.1 Å². The summed E-state index contributed by atoms with van der Waals surface area (Å²) >= 11 is 0. The van der Waals surface area contributed by atoms with Gasteiger partial charge in [0.1, 0.15) is 23.1 Å². The van der Waals surface area contributed by atoms with E-state index in [0.29, 0.717) is 23.9 Å². The predicted molar refractivity (Wildman–Crippen MR) is 110 cm³/mol. The van der Waals surface area contributed by atoms with Gasteiger partial charge >= 0.3 is 0 Å². The SMILES string of the molecule is COc1ccc(Nc2cc(C(=O)NCCCc3ccccc3)nc(C)n2)cc1. The maximum atomic E-state index is 12.5. The maximum absolute atomic E-state index is 12.5. The fraction of sp³-hybridized carbons (Fsp3) is 0.227. The second-order valence-corrected chi connectivity index (χ2v) is 6.38. The summed E-state index contributed by atoms with van der Waals surface area (Å²) in [5, 5.41) is 6.12. The van der Waals surface area contributed by atoms with Crippen LogP contribution >= 0.6 is 0 Å². The number of carbonyl (C=O) groups is 1. The summed E-state index contributed by atoms with van der Waals surface area (Å²) in [5.41, 5.74) is 2.47. The van der Waals surface area contributed by atoms with Crippen LogP contribution in [-0.2, 0) is 6.42 Å². The molecular formula is C22H24N4O2. The number of methoxy groups -OCH3 is 1. The predicted octanol–water partition coefficient (Wildman–Crippen LogP) is 3.90. The second kappa shape index (κ2) is 9.50. The van der Waals surface area contributed by atoms with Gasteiger partial charge < -0.3 is 15.4 Å². The number of rotatable bonds is 8. The van der Waals surface area contributed by atoms with Crippen molar-refractivity contribution in [1.82, 2.24) is 15.3 Å². The molecule has 2 aromatic carbocycles. The van der Waals surface area contributed by atoms with Gasteiger partial charge in [0.15, 0.2) is 0 Å². The van der Waals surface area contributed by atoms with E-state index in [1.165, 1.54) is 5.56 Å². The molecule has 0 saturated heterocycles. The molecule has 3 aromatic rings. The molecule has 0 saturated carbocycles. The molecule has 0 spiro atoms. The molecule has 0 fully saturated rings. The van der Waals surface area contributed by atoms with Gasteiger partial charge in [0.25, 0.3) is 5.91 Å². The highest BCUT2D eigenvalue weighted by Crippen LogP contribution is 2.19. The molecule has 2 N–H and O–H groups in total. The number of hydrogen-bond acceptors (Lipinski definition) is 5. The number of nitrogens with one attached hydrogen (secondary N) is 2. The number of anilines is 2. The van der Waals surface area contributed by atoms with Gasteiger partial charge in [-0.2, -0.15) is 0 Å². The first-order chi connectivity index (χ1) is 13.6. The van der Waals surface area contributed by atoms with Crippen LogP contribution in [0.2, 0.25) is 0 Å². The first-order valence-electron chi connectivity index (χ1n) is 9.23. The van der Waals surface area contributed by atoms with Crippen molar-refractivity contribution in [2.75, 3.05) is 19.0 Å². The molecule has 3 rings (SSSR count). The highest BCUT2D eigenvalue weighted by atomic mass is 16.5. The number of aromatic nitrogens is 2. The van der Waals surface area contributed by atoms with Crippen molar-refractivity contribution in [1.29, 1.82) is 0 Å². The number of aryl methyl sites for hydroxylation is 2. The van der Waals surface area contributed by atoms with Crippen LogP contribution in [0.1, 0.15) is 28.3 Å². The first-order valence-corrected chi connectivity index (χ1v) is 9.23. The minimum Gasteiger partial charge on any atom is -0.497 e. The number of ether oxygens (including phenoxy) is 1. The Balaban J connectivity index is 1.57. The Morgan fingerprint density at radius 2 is 1.79 bits per heavy atom. The molecule has 1 aromatic heterocycles. The molecule has 0 aliphatic heterocycles. The minimum atomic E-state index is -0.198. The molecule has 6 heteroatoms. The zero-order valence-electron chi connectivity index (χ0n) is 16.1. The van der Waals surface area contributed by atoms with Crippen LogP contribution in [0, 0.1) is 6.92 Å². The standard InChI is InChI=1S/C22H24N4O2/c1-16-24-20(22(27)23-14-6-9-17-7-4-3-5-8-17)15-21(25-16)26-18-10-12-19(28-2)13-11-18/h3-5,7-8,10-13,15H,6,9,14H2,1-2H3,(H,23,27)(H,24,25,26). The van der Waals surface area contributed by atoms with Crippen molar-refractivity contribution in [3.05, 3.63) is 77.7 Å². The van der Waals surface area contributed by atoms with Crippen LogP contribution < -0.4 is 15.4 Å². The van der Waals surface area contributed by atoms with Crippen LogP contribution in [0.25, 0.3) is 0 Å². The Bertz CT molecular complexity index is 912. The van der Waals surface area contributed by atoms with Gasteiger partial charge in [-0.3, -0.25) is 4.79 Å². The van der Waals surface area contributed by atoms with Crippen molar-refractivity contribution in [3.8, 4) is 5.75 Å². The summed E-state index contributed by atoms with van der Waals surface area (Å²) in [4.78, 5) is 21.1. The summed E-state index contributed by atoms with van der Waals surface area (Å²) in [6, 6.07) is 19.4. The summed E-state index contributed by atoms with van der Waals surface area (Å²) in [6.45, 7) is 2.36. The summed E-state index contributed by atoms with van der Waals surface area (Å²) in [7, 11) is 1.63. The van der Waals surface area contributed by atoms with E-state index in [1.807, 2.05) is 42.5 Å². The Morgan fingerprint density at radius 1 is 1.04 bits per heavy atom. The molecular weight excluding hydrogens is 352 g/mol. The Kier molecular flexibility index (Phi) is 6.57. The second-order valence-electron chi connectivity index (χ2n) is 6.38. The smallest absolute Gasteiger partial charge is 0.270 e. The first kappa shape index (κ1) is 19.4. The third-order valence-corrected chi connectivity index (χ3v) is 4.20. The fourth-order valence-corrected chi connectivity index (χ4v) is 2.80. The highest BCUT2D eigenvalue weighted by molar-refractivity contribution is 5.93. The molecule has 28 heavy (non-hydrogen) atoms. The Hall–Kier alpha value is -3.41. The van der Waals surface area contributed by atoms with E-state index >= 15 is 0 Å². The number of nitrogens with zero attached hydrogens (tertiary/aromatic N) is 2. The third-order valence-electron chi connectivity index (χ3n) is 4.20. The normalized spacial score (nSPS) is 10.4. The lowest BCUT2D eigenvalue weighted by atomic mass is 10.1. The Labute approximate surface area is 165 Å². The van der Waals surface area contributed by atoms with Gasteiger partial charge in [-0.15, -0.1) is 0 Å². The van der Waals surface area contributed by atoms with Crippen LogP contribution in [0.15, 0.2) is 60.7 Å². The van der Waals surface area contributed by atoms with E-state index in [0.717, 1.165) is 24.3 Å². The largest absolute Gasteiger partial charge is 0.497 e. The van der Waals surface area contributed by atoms with Crippen molar-refractivity contribution >= 4 is 17.4 Å². The van der Waals surface area contributed by atoms with Gasteiger partial charge in [-0.05, 0) is 49.6 Å². The minimum absolute atomic E-state index is 0.198. The quantitative estimate of drug-likeness (QED) is 0.583. The molecule has 1 amide bonds. The van der Waals surface area contributed by atoms with E-state index in [9.17, 15) is 4.79 Å². The fourth-order valence-electron chi connectivity index (χ4n) is 2.80. The van der Waals surface area contributed by atoms with Crippen molar-refractivity contribution in [2.45, 2.75) is 19.8 Å². The Morgan fingerprint density at radius 3 is 2.50 bits per heavy atom. The van der Waals surface area contributed by atoms with Gasteiger partial charge in [-0.25, -0.2) is 9.97 Å². The van der Waals surface area contributed by atoms with Crippen molar-refractivity contribution in [2.24, 2.45) is 0 Å².